The minimum absolute atomic E-state index is 0.175. The van der Waals surface area contributed by atoms with E-state index < -0.39 is 5.97 Å². The van der Waals surface area contributed by atoms with Gasteiger partial charge in [0.25, 0.3) is 0 Å². The number of carbonyl (C=O) groups is 2. The molecule has 1 aromatic carbocycles. The Bertz CT molecular complexity index is 477. The van der Waals surface area contributed by atoms with Gasteiger partial charge in [-0.05, 0) is 37.5 Å². The third-order valence-electron chi connectivity index (χ3n) is 2.78. The van der Waals surface area contributed by atoms with Crippen molar-refractivity contribution < 1.29 is 14.7 Å². The van der Waals surface area contributed by atoms with E-state index in [0.29, 0.717) is 23.7 Å². The third-order valence-corrected chi connectivity index (χ3v) is 3.19. The fourth-order valence-corrected chi connectivity index (χ4v) is 1.81. The molecule has 0 aliphatic carbocycles. The lowest BCUT2D eigenvalue weighted by atomic mass is 10.2. The monoisotopic (exact) mass is 298 g/mol. The molecule has 2 amide bonds. The lowest BCUT2D eigenvalue weighted by molar-refractivity contribution is -0.137. The van der Waals surface area contributed by atoms with E-state index in [2.05, 4.69) is 10.6 Å². The summed E-state index contributed by atoms with van der Waals surface area (Å²) in [5, 5.41) is 14.5. The summed E-state index contributed by atoms with van der Waals surface area (Å²) in [7, 11) is 0. The van der Waals surface area contributed by atoms with Gasteiger partial charge in [0.15, 0.2) is 0 Å². The molecule has 0 saturated heterocycles. The van der Waals surface area contributed by atoms with E-state index in [9.17, 15) is 9.59 Å². The van der Waals surface area contributed by atoms with Crippen molar-refractivity contribution in [2.24, 2.45) is 0 Å². The lowest BCUT2D eigenvalue weighted by Crippen LogP contribution is -2.29. The number of halogens is 1. The molecule has 0 radical (unpaired) electrons. The molecule has 0 atom stereocenters. The average molecular weight is 299 g/mol. The molecule has 5 nitrogen and oxygen atoms in total. The summed E-state index contributed by atoms with van der Waals surface area (Å²) in [5.41, 5.74) is 1.60. The van der Waals surface area contributed by atoms with Crippen LogP contribution in [0, 0.1) is 6.92 Å². The van der Waals surface area contributed by atoms with Crippen molar-refractivity contribution >= 4 is 29.3 Å². The lowest BCUT2D eigenvalue weighted by Gasteiger charge is -2.08. The highest BCUT2D eigenvalue weighted by molar-refractivity contribution is 6.31. The minimum Gasteiger partial charge on any atom is -0.481 e. The fraction of sp³-hybridized carbons (Fsp3) is 0.429. The second kappa shape index (κ2) is 8.43. The van der Waals surface area contributed by atoms with Crippen LogP contribution >= 0.6 is 11.6 Å². The first-order valence-electron chi connectivity index (χ1n) is 6.52. The summed E-state index contributed by atoms with van der Waals surface area (Å²) in [4.78, 5) is 21.9. The van der Waals surface area contributed by atoms with Gasteiger partial charge in [-0.2, -0.15) is 0 Å². The van der Waals surface area contributed by atoms with Crippen LogP contribution in [0.15, 0.2) is 18.2 Å². The molecule has 1 rings (SSSR count). The molecule has 0 aliphatic heterocycles. The van der Waals surface area contributed by atoms with Crippen LogP contribution in [0.5, 0.6) is 0 Å². The van der Waals surface area contributed by atoms with Crippen molar-refractivity contribution in [3.63, 3.8) is 0 Å². The predicted octanol–water partition coefficient (Wildman–Crippen LogP) is 3.41. The Morgan fingerprint density at radius 1 is 1.25 bits per heavy atom. The third kappa shape index (κ3) is 6.43. The van der Waals surface area contributed by atoms with Crippen LogP contribution in [-0.4, -0.2) is 23.7 Å². The number of carboxylic acid groups (broad SMARTS) is 1. The summed E-state index contributed by atoms with van der Waals surface area (Å²) < 4.78 is 0. The quantitative estimate of drug-likeness (QED) is 0.675. The molecule has 110 valence electrons. The van der Waals surface area contributed by atoms with Crippen LogP contribution in [0.2, 0.25) is 5.02 Å². The summed E-state index contributed by atoms with van der Waals surface area (Å²) in [5.74, 6) is -0.785. The van der Waals surface area contributed by atoms with Crippen LogP contribution in [0.1, 0.15) is 31.2 Å². The topological polar surface area (TPSA) is 78.4 Å². The highest BCUT2D eigenvalue weighted by atomic mass is 35.5. The van der Waals surface area contributed by atoms with Gasteiger partial charge < -0.3 is 15.7 Å². The fourth-order valence-electron chi connectivity index (χ4n) is 1.63. The Morgan fingerprint density at radius 2 is 2.00 bits per heavy atom. The van der Waals surface area contributed by atoms with Gasteiger partial charge >= 0.3 is 12.0 Å². The van der Waals surface area contributed by atoms with Crippen molar-refractivity contribution in [2.45, 2.75) is 32.6 Å². The summed E-state index contributed by atoms with van der Waals surface area (Å²) in [6.45, 7) is 2.41. The van der Waals surface area contributed by atoms with Gasteiger partial charge in [0.2, 0.25) is 0 Å². The first-order valence-corrected chi connectivity index (χ1v) is 6.89. The van der Waals surface area contributed by atoms with Crippen LogP contribution in [0.25, 0.3) is 0 Å². The molecule has 0 fully saturated rings. The van der Waals surface area contributed by atoms with E-state index in [1.807, 2.05) is 13.0 Å². The highest BCUT2D eigenvalue weighted by Gasteiger charge is 2.03. The molecule has 0 aromatic heterocycles. The van der Waals surface area contributed by atoms with Crippen molar-refractivity contribution in [2.75, 3.05) is 11.9 Å². The van der Waals surface area contributed by atoms with Crippen molar-refractivity contribution in [1.82, 2.24) is 5.32 Å². The number of unbranched alkanes of at least 4 members (excludes halogenated alkanes) is 2. The van der Waals surface area contributed by atoms with E-state index in [-0.39, 0.29) is 12.5 Å². The molecule has 0 saturated carbocycles. The van der Waals surface area contributed by atoms with Gasteiger partial charge in [0.1, 0.15) is 0 Å². The van der Waals surface area contributed by atoms with Gasteiger partial charge in [0, 0.05) is 23.7 Å². The number of carbonyl (C=O) groups excluding carboxylic acids is 1. The number of urea groups is 1. The molecular formula is C14H19ClN2O3. The van der Waals surface area contributed by atoms with Gasteiger partial charge in [0.05, 0.1) is 0 Å². The number of carboxylic acids is 1. The first-order chi connectivity index (χ1) is 9.49. The molecule has 3 N–H and O–H groups in total. The number of aryl methyl sites for hydroxylation is 1. The number of rotatable bonds is 7. The number of hydrogen-bond acceptors (Lipinski definition) is 2. The summed E-state index contributed by atoms with van der Waals surface area (Å²) in [6.07, 6.45) is 2.35. The Balaban J connectivity index is 2.20. The van der Waals surface area contributed by atoms with Gasteiger partial charge in [-0.3, -0.25) is 4.79 Å². The number of hydrogen-bond donors (Lipinski definition) is 3. The maximum absolute atomic E-state index is 11.6. The standard InChI is InChI=1S/C14H19ClN2O3/c1-10-6-7-11(9-12(10)15)17-14(20)16-8-4-2-3-5-13(18)19/h6-7,9H,2-5,8H2,1H3,(H,18,19)(H2,16,17,20). The zero-order chi connectivity index (χ0) is 15.0. The largest absolute Gasteiger partial charge is 0.481 e. The Kier molecular flexibility index (Phi) is 6.87. The molecule has 0 heterocycles. The Morgan fingerprint density at radius 3 is 2.65 bits per heavy atom. The van der Waals surface area contributed by atoms with E-state index in [1.165, 1.54) is 0 Å². The van der Waals surface area contributed by atoms with Gasteiger partial charge in [-0.25, -0.2) is 4.79 Å². The number of benzene rings is 1. The second-order valence-electron chi connectivity index (χ2n) is 4.55. The maximum Gasteiger partial charge on any atom is 0.319 e. The molecule has 20 heavy (non-hydrogen) atoms. The van der Waals surface area contributed by atoms with Crippen molar-refractivity contribution in [3.05, 3.63) is 28.8 Å². The van der Waals surface area contributed by atoms with E-state index in [4.69, 9.17) is 16.7 Å². The zero-order valence-electron chi connectivity index (χ0n) is 11.4. The maximum atomic E-state index is 11.6. The van der Waals surface area contributed by atoms with Gasteiger partial charge in [-0.1, -0.05) is 24.1 Å². The molecule has 0 bridgehead atoms. The van der Waals surface area contributed by atoms with Crippen molar-refractivity contribution in [3.8, 4) is 0 Å². The molecule has 0 aliphatic rings. The predicted molar refractivity (Wildman–Crippen MR) is 79.3 cm³/mol. The highest BCUT2D eigenvalue weighted by Crippen LogP contribution is 2.19. The number of amides is 2. The Labute approximate surface area is 123 Å². The minimum atomic E-state index is -0.785. The number of nitrogens with one attached hydrogen (secondary N) is 2. The second-order valence-corrected chi connectivity index (χ2v) is 4.96. The zero-order valence-corrected chi connectivity index (χ0v) is 12.2. The van der Waals surface area contributed by atoms with Crippen LogP contribution < -0.4 is 10.6 Å². The van der Waals surface area contributed by atoms with E-state index >= 15 is 0 Å². The molecule has 6 heteroatoms. The van der Waals surface area contributed by atoms with E-state index in [1.54, 1.807) is 12.1 Å². The molecular weight excluding hydrogens is 280 g/mol. The Hall–Kier alpha value is -1.75. The summed E-state index contributed by atoms with van der Waals surface area (Å²) >= 11 is 5.96. The van der Waals surface area contributed by atoms with Crippen molar-refractivity contribution in [1.29, 1.82) is 0 Å². The number of anilines is 1. The molecule has 0 unspecified atom stereocenters. The normalized spacial score (nSPS) is 10.1. The van der Waals surface area contributed by atoms with Crippen LogP contribution in [-0.2, 0) is 4.79 Å². The molecule has 0 spiro atoms. The van der Waals surface area contributed by atoms with Crippen LogP contribution in [0.3, 0.4) is 0 Å². The first kappa shape index (κ1) is 16.3. The SMILES string of the molecule is Cc1ccc(NC(=O)NCCCCCC(=O)O)cc1Cl. The number of aliphatic carboxylic acids is 1. The van der Waals surface area contributed by atoms with E-state index in [0.717, 1.165) is 18.4 Å². The summed E-state index contributed by atoms with van der Waals surface area (Å²) in [6, 6.07) is 5.03. The van der Waals surface area contributed by atoms with Gasteiger partial charge in [-0.15, -0.1) is 0 Å². The average Bonchev–Trinajstić information content (AvgIpc) is 2.38. The molecule has 1 aromatic rings. The van der Waals surface area contributed by atoms with Crippen LogP contribution in [0.4, 0.5) is 10.5 Å². The smallest absolute Gasteiger partial charge is 0.319 e.